The Bertz CT molecular complexity index is 329. The molecule has 90 valence electrons. The van der Waals surface area contributed by atoms with Gasteiger partial charge in [-0.2, -0.15) is 11.3 Å². The van der Waals surface area contributed by atoms with E-state index in [2.05, 4.69) is 49.8 Å². The van der Waals surface area contributed by atoms with E-state index >= 15 is 0 Å². The molecule has 1 aliphatic rings. The maximum absolute atomic E-state index is 3.79. The molecule has 1 heterocycles. The molecule has 1 saturated carbocycles. The van der Waals surface area contributed by atoms with E-state index in [9.17, 15) is 0 Å². The number of nitrogens with one attached hydrogen (secondary N) is 1. The summed E-state index contributed by atoms with van der Waals surface area (Å²) in [7, 11) is 0. The molecule has 1 aromatic heterocycles. The maximum Gasteiger partial charge on any atom is 0.0302 e. The second-order valence-corrected chi connectivity index (χ2v) is 6.88. The molecule has 1 N–H and O–H groups in total. The summed E-state index contributed by atoms with van der Waals surface area (Å²) in [6, 6.07) is 3.41. The SMILES string of the molecule is CC(NC1CC(C)(C)CC1C)c1ccsc1. The van der Waals surface area contributed by atoms with Crippen molar-refractivity contribution in [3.05, 3.63) is 22.4 Å². The topological polar surface area (TPSA) is 12.0 Å². The minimum Gasteiger partial charge on any atom is -0.307 e. The van der Waals surface area contributed by atoms with Crippen molar-refractivity contribution in [2.45, 2.75) is 52.6 Å². The summed E-state index contributed by atoms with van der Waals surface area (Å²) in [4.78, 5) is 0. The van der Waals surface area contributed by atoms with Crippen molar-refractivity contribution in [2.24, 2.45) is 11.3 Å². The Kier molecular flexibility index (Phi) is 3.41. The van der Waals surface area contributed by atoms with Crippen LogP contribution in [0.25, 0.3) is 0 Å². The van der Waals surface area contributed by atoms with Crippen LogP contribution in [0.15, 0.2) is 16.8 Å². The van der Waals surface area contributed by atoms with Gasteiger partial charge >= 0.3 is 0 Å². The van der Waals surface area contributed by atoms with Crippen LogP contribution in [0.1, 0.15) is 52.1 Å². The highest BCUT2D eigenvalue weighted by atomic mass is 32.1. The lowest BCUT2D eigenvalue weighted by Gasteiger charge is -2.23. The number of hydrogen-bond donors (Lipinski definition) is 1. The van der Waals surface area contributed by atoms with Crippen molar-refractivity contribution in [2.75, 3.05) is 0 Å². The number of rotatable bonds is 3. The standard InChI is InChI=1S/C14H23NS/c1-10-7-14(3,4)8-13(10)15-11(2)12-5-6-16-9-12/h5-6,9-11,13,15H,7-8H2,1-4H3. The maximum atomic E-state index is 3.79. The van der Waals surface area contributed by atoms with Gasteiger partial charge in [0.2, 0.25) is 0 Å². The fourth-order valence-corrected chi connectivity index (χ4v) is 3.81. The fraction of sp³-hybridized carbons (Fsp3) is 0.714. The Morgan fingerprint density at radius 3 is 2.69 bits per heavy atom. The zero-order valence-corrected chi connectivity index (χ0v) is 11.6. The zero-order valence-electron chi connectivity index (χ0n) is 10.8. The van der Waals surface area contributed by atoms with Crippen LogP contribution in [0, 0.1) is 11.3 Å². The minimum absolute atomic E-state index is 0.493. The third kappa shape index (κ3) is 2.67. The first-order valence-electron chi connectivity index (χ1n) is 6.26. The molecule has 3 unspecified atom stereocenters. The molecule has 1 nitrogen and oxygen atoms in total. The monoisotopic (exact) mass is 237 g/mol. The number of hydrogen-bond acceptors (Lipinski definition) is 2. The van der Waals surface area contributed by atoms with Crippen LogP contribution >= 0.6 is 11.3 Å². The highest BCUT2D eigenvalue weighted by molar-refractivity contribution is 7.07. The van der Waals surface area contributed by atoms with Gasteiger partial charge in [0.1, 0.15) is 0 Å². The molecule has 1 aromatic rings. The van der Waals surface area contributed by atoms with Crippen molar-refractivity contribution < 1.29 is 0 Å². The Morgan fingerprint density at radius 1 is 1.44 bits per heavy atom. The van der Waals surface area contributed by atoms with Gasteiger partial charge in [0.05, 0.1) is 0 Å². The van der Waals surface area contributed by atoms with Gasteiger partial charge in [0.15, 0.2) is 0 Å². The Balaban J connectivity index is 1.95. The summed E-state index contributed by atoms with van der Waals surface area (Å²) in [6.07, 6.45) is 2.66. The molecule has 0 radical (unpaired) electrons. The second kappa shape index (κ2) is 4.50. The van der Waals surface area contributed by atoms with E-state index in [4.69, 9.17) is 0 Å². The van der Waals surface area contributed by atoms with E-state index < -0.39 is 0 Å². The molecule has 2 heteroatoms. The predicted molar refractivity (Wildman–Crippen MR) is 71.8 cm³/mol. The second-order valence-electron chi connectivity index (χ2n) is 6.10. The molecule has 0 aliphatic heterocycles. The normalized spacial score (nSPS) is 30.5. The van der Waals surface area contributed by atoms with Gasteiger partial charge in [-0.05, 0) is 53.5 Å². The van der Waals surface area contributed by atoms with E-state index in [1.165, 1.54) is 18.4 Å². The Labute approximate surface area is 103 Å². The van der Waals surface area contributed by atoms with Crippen LogP contribution in [0.5, 0.6) is 0 Å². The van der Waals surface area contributed by atoms with Crippen LogP contribution < -0.4 is 5.32 Å². The van der Waals surface area contributed by atoms with Gasteiger partial charge < -0.3 is 5.32 Å². The molecule has 16 heavy (non-hydrogen) atoms. The average molecular weight is 237 g/mol. The average Bonchev–Trinajstić information content (AvgIpc) is 2.74. The molecule has 0 aromatic carbocycles. The van der Waals surface area contributed by atoms with E-state index in [0.29, 0.717) is 17.5 Å². The lowest BCUT2D eigenvalue weighted by atomic mass is 9.91. The molecule has 2 rings (SSSR count). The molecule has 0 saturated heterocycles. The summed E-state index contributed by atoms with van der Waals surface area (Å²) in [6.45, 7) is 9.44. The third-order valence-corrected chi connectivity index (χ3v) is 4.54. The quantitative estimate of drug-likeness (QED) is 0.830. The molecule has 3 atom stereocenters. The zero-order chi connectivity index (χ0) is 11.8. The summed E-state index contributed by atoms with van der Waals surface area (Å²) < 4.78 is 0. The van der Waals surface area contributed by atoms with Crippen molar-refractivity contribution in [1.29, 1.82) is 0 Å². The third-order valence-electron chi connectivity index (χ3n) is 3.84. The van der Waals surface area contributed by atoms with E-state index in [-0.39, 0.29) is 0 Å². The predicted octanol–water partition coefficient (Wildman–Crippen LogP) is 4.22. The molecule has 0 bridgehead atoms. The van der Waals surface area contributed by atoms with E-state index in [1.54, 1.807) is 11.3 Å². The molecule has 0 amide bonds. The van der Waals surface area contributed by atoms with Crippen molar-refractivity contribution in [3.63, 3.8) is 0 Å². The van der Waals surface area contributed by atoms with Crippen molar-refractivity contribution in [1.82, 2.24) is 5.32 Å². The van der Waals surface area contributed by atoms with Gasteiger partial charge in [0.25, 0.3) is 0 Å². The Hall–Kier alpha value is -0.340. The Morgan fingerprint density at radius 2 is 2.19 bits per heavy atom. The van der Waals surface area contributed by atoms with Gasteiger partial charge in [-0.25, -0.2) is 0 Å². The van der Waals surface area contributed by atoms with Gasteiger partial charge in [-0.1, -0.05) is 20.8 Å². The molecule has 1 aliphatic carbocycles. The largest absolute Gasteiger partial charge is 0.307 e. The van der Waals surface area contributed by atoms with Crippen LogP contribution in [0.4, 0.5) is 0 Å². The van der Waals surface area contributed by atoms with Gasteiger partial charge in [0, 0.05) is 12.1 Å². The molecular formula is C14H23NS. The minimum atomic E-state index is 0.493. The van der Waals surface area contributed by atoms with E-state index in [1.807, 2.05) is 0 Å². The highest BCUT2D eigenvalue weighted by Crippen LogP contribution is 2.41. The molecule has 1 fully saturated rings. The van der Waals surface area contributed by atoms with Crippen molar-refractivity contribution >= 4 is 11.3 Å². The van der Waals surface area contributed by atoms with Crippen LogP contribution in [-0.4, -0.2) is 6.04 Å². The summed E-state index contributed by atoms with van der Waals surface area (Å²) >= 11 is 1.79. The molecule has 0 spiro atoms. The van der Waals surface area contributed by atoms with E-state index in [0.717, 1.165) is 5.92 Å². The summed E-state index contributed by atoms with van der Waals surface area (Å²) in [5.41, 5.74) is 1.95. The van der Waals surface area contributed by atoms with Gasteiger partial charge in [-0.15, -0.1) is 0 Å². The summed E-state index contributed by atoms with van der Waals surface area (Å²) in [5, 5.41) is 8.21. The first-order valence-corrected chi connectivity index (χ1v) is 7.20. The van der Waals surface area contributed by atoms with Crippen LogP contribution in [-0.2, 0) is 0 Å². The first kappa shape index (κ1) is 12.1. The van der Waals surface area contributed by atoms with Crippen LogP contribution in [0.2, 0.25) is 0 Å². The summed E-state index contributed by atoms with van der Waals surface area (Å²) in [5.74, 6) is 0.802. The molecular weight excluding hydrogens is 214 g/mol. The number of thiophene rings is 1. The lowest BCUT2D eigenvalue weighted by molar-refractivity contribution is 0.356. The fourth-order valence-electron chi connectivity index (χ4n) is 3.06. The van der Waals surface area contributed by atoms with Crippen LogP contribution in [0.3, 0.4) is 0 Å². The van der Waals surface area contributed by atoms with Crippen molar-refractivity contribution in [3.8, 4) is 0 Å². The highest BCUT2D eigenvalue weighted by Gasteiger charge is 2.36. The lowest BCUT2D eigenvalue weighted by Crippen LogP contribution is -2.33. The van der Waals surface area contributed by atoms with Gasteiger partial charge in [-0.3, -0.25) is 0 Å². The smallest absolute Gasteiger partial charge is 0.0302 e. The first-order chi connectivity index (χ1) is 7.48.